The van der Waals surface area contributed by atoms with Crippen molar-refractivity contribution >= 4 is 28.3 Å². The van der Waals surface area contributed by atoms with Gasteiger partial charge in [-0.25, -0.2) is 8.42 Å². The quantitative estimate of drug-likeness (QED) is 0.752. The summed E-state index contributed by atoms with van der Waals surface area (Å²) in [6, 6.07) is 7.13. The fourth-order valence-corrected chi connectivity index (χ4v) is 5.62. The van der Waals surface area contributed by atoms with E-state index in [2.05, 4.69) is 6.92 Å². The Labute approximate surface area is 174 Å². The van der Waals surface area contributed by atoms with Crippen LogP contribution in [0.15, 0.2) is 29.2 Å². The third kappa shape index (κ3) is 5.26. The monoisotopic (exact) mass is 429 g/mol. The number of benzene rings is 1. The standard InChI is InChI=1S/C20H31N3O3S.ClH/c1-16-10-13-23(18(14-16)15-21)20(24)9-6-17-4-7-19(8-5-17)27(25,26)22-11-2-3-12-22;/h4-5,7-8,16,18H,2-3,6,9-15,21H2,1H3;1H. The lowest BCUT2D eigenvalue weighted by Crippen LogP contribution is -2.49. The Morgan fingerprint density at radius 2 is 1.79 bits per heavy atom. The van der Waals surface area contributed by atoms with E-state index < -0.39 is 10.0 Å². The number of halogens is 1. The highest BCUT2D eigenvalue weighted by Crippen LogP contribution is 2.24. The number of nitrogens with zero attached hydrogens (tertiary/aromatic N) is 2. The van der Waals surface area contributed by atoms with Crippen LogP contribution >= 0.6 is 12.4 Å². The zero-order chi connectivity index (χ0) is 19.4. The molecule has 0 radical (unpaired) electrons. The molecule has 0 aromatic heterocycles. The van der Waals surface area contributed by atoms with Gasteiger partial charge in [-0.2, -0.15) is 4.31 Å². The fourth-order valence-electron chi connectivity index (χ4n) is 4.10. The molecule has 0 bridgehead atoms. The lowest BCUT2D eigenvalue weighted by atomic mass is 9.92. The fraction of sp³-hybridized carbons (Fsp3) is 0.650. The second-order valence-electron chi connectivity index (χ2n) is 7.86. The number of hydrogen-bond donors (Lipinski definition) is 1. The Hall–Kier alpha value is -1.15. The van der Waals surface area contributed by atoms with Crippen molar-refractivity contribution in [1.29, 1.82) is 0 Å². The number of carbonyl (C=O) groups excluding carboxylic acids is 1. The molecule has 0 saturated carbocycles. The van der Waals surface area contributed by atoms with E-state index in [9.17, 15) is 13.2 Å². The number of amides is 1. The number of aryl methyl sites for hydroxylation is 1. The van der Waals surface area contributed by atoms with Gasteiger partial charge >= 0.3 is 0 Å². The first-order valence-corrected chi connectivity index (χ1v) is 11.4. The van der Waals surface area contributed by atoms with E-state index in [0.29, 0.717) is 43.3 Å². The van der Waals surface area contributed by atoms with Crippen molar-refractivity contribution in [3.8, 4) is 0 Å². The molecule has 28 heavy (non-hydrogen) atoms. The van der Waals surface area contributed by atoms with Crippen molar-refractivity contribution in [2.24, 2.45) is 11.7 Å². The molecule has 6 nitrogen and oxygen atoms in total. The molecule has 2 unspecified atom stereocenters. The molecule has 3 rings (SSSR count). The van der Waals surface area contributed by atoms with Gasteiger partial charge in [0, 0.05) is 38.6 Å². The molecule has 2 atom stereocenters. The molecular weight excluding hydrogens is 398 g/mol. The lowest BCUT2D eigenvalue weighted by Gasteiger charge is -2.38. The summed E-state index contributed by atoms with van der Waals surface area (Å²) in [5.41, 5.74) is 6.84. The molecule has 0 aliphatic carbocycles. The van der Waals surface area contributed by atoms with Crippen LogP contribution < -0.4 is 5.73 Å². The zero-order valence-corrected chi connectivity index (χ0v) is 18.2. The van der Waals surface area contributed by atoms with Gasteiger partial charge in [-0.3, -0.25) is 4.79 Å². The molecule has 2 fully saturated rings. The number of piperidine rings is 1. The molecule has 1 aromatic carbocycles. The van der Waals surface area contributed by atoms with E-state index in [-0.39, 0.29) is 24.4 Å². The van der Waals surface area contributed by atoms with Crippen LogP contribution in [0.1, 0.15) is 44.6 Å². The average Bonchev–Trinajstić information content (AvgIpc) is 3.22. The molecule has 2 aliphatic heterocycles. The van der Waals surface area contributed by atoms with Gasteiger partial charge in [-0.15, -0.1) is 12.4 Å². The van der Waals surface area contributed by atoms with E-state index in [1.165, 1.54) is 0 Å². The summed E-state index contributed by atoms with van der Waals surface area (Å²) in [6.45, 7) is 4.72. The van der Waals surface area contributed by atoms with Crippen LogP contribution in [-0.4, -0.2) is 55.8 Å². The molecule has 2 heterocycles. The van der Waals surface area contributed by atoms with Crippen LogP contribution in [0.5, 0.6) is 0 Å². The van der Waals surface area contributed by atoms with Crippen molar-refractivity contribution in [2.75, 3.05) is 26.2 Å². The van der Waals surface area contributed by atoms with E-state index in [1.54, 1.807) is 16.4 Å². The highest BCUT2D eigenvalue weighted by atomic mass is 35.5. The predicted octanol–water partition coefficient (Wildman–Crippen LogP) is 2.41. The average molecular weight is 430 g/mol. The maximum atomic E-state index is 12.6. The van der Waals surface area contributed by atoms with E-state index in [0.717, 1.165) is 37.8 Å². The van der Waals surface area contributed by atoms with Crippen LogP contribution in [0, 0.1) is 5.92 Å². The Morgan fingerprint density at radius 1 is 1.14 bits per heavy atom. The molecule has 158 valence electrons. The summed E-state index contributed by atoms with van der Waals surface area (Å²) in [4.78, 5) is 14.9. The number of hydrogen-bond acceptors (Lipinski definition) is 4. The highest BCUT2D eigenvalue weighted by molar-refractivity contribution is 7.89. The van der Waals surface area contributed by atoms with E-state index in [1.807, 2.05) is 17.0 Å². The van der Waals surface area contributed by atoms with Crippen molar-refractivity contribution in [3.05, 3.63) is 29.8 Å². The minimum absolute atomic E-state index is 0. The Balaban J connectivity index is 0.00000280. The second-order valence-corrected chi connectivity index (χ2v) is 9.80. The smallest absolute Gasteiger partial charge is 0.243 e. The van der Waals surface area contributed by atoms with Gasteiger partial charge in [-0.05, 0) is 55.7 Å². The number of sulfonamides is 1. The van der Waals surface area contributed by atoms with Gasteiger partial charge < -0.3 is 10.6 Å². The van der Waals surface area contributed by atoms with Crippen molar-refractivity contribution < 1.29 is 13.2 Å². The van der Waals surface area contributed by atoms with Crippen LogP contribution in [0.2, 0.25) is 0 Å². The van der Waals surface area contributed by atoms with Gasteiger partial charge in [0.25, 0.3) is 0 Å². The van der Waals surface area contributed by atoms with Gasteiger partial charge in [0.1, 0.15) is 0 Å². The first-order valence-electron chi connectivity index (χ1n) is 10.0. The predicted molar refractivity (Wildman–Crippen MR) is 113 cm³/mol. The Kier molecular flexibility index (Phi) is 8.30. The molecule has 0 spiro atoms. The Bertz CT molecular complexity index is 748. The highest BCUT2D eigenvalue weighted by Gasteiger charge is 2.29. The number of carbonyl (C=O) groups is 1. The summed E-state index contributed by atoms with van der Waals surface area (Å²) < 4.78 is 26.7. The summed E-state index contributed by atoms with van der Waals surface area (Å²) >= 11 is 0. The largest absolute Gasteiger partial charge is 0.338 e. The van der Waals surface area contributed by atoms with Crippen molar-refractivity contribution in [1.82, 2.24) is 9.21 Å². The minimum atomic E-state index is -3.38. The second kappa shape index (κ2) is 10.1. The lowest BCUT2D eigenvalue weighted by molar-refractivity contribution is -0.135. The number of rotatable bonds is 6. The summed E-state index contributed by atoms with van der Waals surface area (Å²) in [7, 11) is -3.38. The Morgan fingerprint density at radius 3 is 2.39 bits per heavy atom. The third-order valence-corrected chi connectivity index (χ3v) is 7.74. The summed E-state index contributed by atoms with van der Waals surface area (Å²) in [5.74, 6) is 0.763. The SMILES string of the molecule is CC1CCN(C(=O)CCc2ccc(S(=O)(=O)N3CCCC3)cc2)C(CN)C1.Cl. The molecule has 2 N–H and O–H groups in total. The van der Waals surface area contributed by atoms with Gasteiger partial charge in [0.2, 0.25) is 15.9 Å². The van der Waals surface area contributed by atoms with Crippen LogP contribution in [0.3, 0.4) is 0 Å². The van der Waals surface area contributed by atoms with Gasteiger partial charge in [0.05, 0.1) is 4.90 Å². The van der Waals surface area contributed by atoms with Crippen LogP contribution in [-0.2, 0) is 21.2 Å². The molecule has 1 amide bonds. The van der Waals surface area contributed by atoms with Gasteiger partial charge in [0.15, 0.2) is 0 Å². The summed E-state index contributed by atoms with van der Waals surface area (Å²) in [5, 5.41) is 0. The minimum Gasteiger partial charge on any atom is -0.338 e. The van der Waals surface area contributed by atoms with Crippen molar-refractivity contribution in [3.63, 3.8) is 0 Å². The van der Waals surface area contributed by atoms with Crippen LogP contribution in [0.4, 0.5) is 0 Å². The number of likely N-dealkylation sites (tertiary alicyclic amines) is 1. The third-order valence-electron chi connectivity index (χ3n) is 5.82. The maximum absolute atomic E-state index is 12.6. The molecule has 1 aromatic rings. The summed E-state index contributed by atoms with van der Waals surface area (Å²) in [6.07, 6.45) is 4.92. The first-order chi connectivity index (χ1) is 12.9. The van der Waals surface area contributed by atoms with Gasteiger partial charge in [-0.1, -0.05) is 19.1 Å². The normalized spacial score (nSPS) is 23.4. The van der Waals surface area contributed by atoms with E-state index in [4.69, 9.17) is 5.73 Å². The molecule has 2 aliphatic rings. The topological polar surface area (TPSA) is 83.7 Å². The van der Waals surface area contributed by atoms with E-state index >= 15 is 0 Å². The molecular formula is C20H32ClN3O3S. The zero-order valence-electron chi connectivity index (χ0n) is 16.5. The number of nitrogens with two attached hydrogens (primary N) is 1. The molecule has 8 heteroatoms. The van der Waals surface area contributed by atoms with Crippen LogP contribution in [0.25, 0.3) is 0 Å². The first kappa shape index (κ1) is 23.1. The maximum Gasteiger partial charge on any atom is 0.243 e. The van der Waals surface area contributed by atoms with Crippen molar-refractivity contribution in [2.45, 2.75) is 56.4 Å². The molecule has 2 saturated heterocycles.